The maximum absolute atomic E-state index is 10.9. The summed E-state index contributed by atoms with van der Waals surface area (Å²) in [4.78, 5) is 10.9. The molecule has 138 valence electrons. The summed E-state index contributed by atoms with van der Waals surface area (Å²) in [6.45, 7) is 3.01. The van der Waals surface area contributed by atoms with Crippen LogP contribution in [-0.4, -0.2) is 36.5 Å². The van der Waals surface area contributed by atoms with Crippen molar-refractivity contribution in [2.75, 3.05) is 6.61 Å². The summed E-state index contributed by atoms with van der Waals surface area (Å²) in [7, 11) is 0. The zero-order chi connectivity index (χ0) is 17.2. The molecule has 0 aromatic carbocycles. The zero-order valence-corrected chi connectivity index (χ0v) is 15.1. The molecule has 1 aliphatic heterocycles. The van der Waals surface area contributed by atoms with Crippen LogP contribution in [0.15, 0.2) is 12.2 Å². The summed E-state index contributed by atoms with van der Waals surface area (Å²) in [6, 6.07) is 0. The minimum atomic E-state index is -0.342. The molecule has 0 radical (unpaired) electrons. The first-order chi connectivity index (χ1) is 11.7. The van der Waals surface area contributed by atoms with Crippen molar-refractivity contribution in [3.63, 3.8) is 0 Å². The zero-order valence-electron chi connectivity index (χ0n) is 15.1. The number of carbonyl (C=O) groups is 1. The third-order valence-electron chi connectivity index (χ3n) is 5.34. The molecule has 1 unspecified atom stereocenters. The van der Waals surface area contributed by atoms with E-state index in [9.17, 15) is 9.90 Å². The lowest BCUT2D eigenvalue weighted by Gasteiger charge is -2.27. The van der Waals surface area contributed by atoms with E-state index in [0.717, 1.165) is 51.4 Å². The van der Waals surface area contributed by atoms with Gasteiger partial charge in [0.15, 0.2) is 6.29 Å². The van der Waals surface area contributed by atoms with Gasteiger partial charge in [-0.2, -0.15) is 0 Å². The van der Waals surface area contributed by atoms with E-state index < -0.39 is 0 Å². The average Bonchev–Trinajstić information content (AvgIpc) is 2.94. The van der Waals surface area contributed by atoms with Crippen LogP contribution in [0.2, 0.25) is 0 Å². The molecule has 1 N–H and O–H groups in total. The fraction of sp³-hybridized carbons (Fsp3) is 0.850. The van der Waals surface area contributed by atoms with Crippen LogP contribution < -0.4 is 0 Å². The smallest absolute Gasteiger partial charge is 0.158 e. The van der Waals surface area contributed by atoms with Crippen LogP contribution in [0.1, 0.15) is 71.1 Å². The van der Waals surface area contributed by atoms with Crippen LogP contribution in [0.25, 0.3) is 0 Å². The molecule has 0 bridgehead atoms. The van der Waals surface area contributed by atoms with Gasteiger partial charge < -0.3 is 19.4 Å². The molecule has 5 atom stereocenters. The molecule has 2 fully saturated rings. The quantitative estimate of drug-likeness (QED) is 0.371. The van der Waals surface area contributed by atoms with Gasteiger partial charge in [0.1, 0.15) is 6.29 Å². The maximum atomic E-state index is 10.9. The Labute approximate surface area is 146 Å². The molecule has 24 heavy (non-hydrogen) atoms. The summed E-state index contributed by atoms with van der Waals surface area (Å²) in [6.07, 6.45) is 15.0. The van der Waals surface area contributed by atoms with Gasteiger partial charge in [-0.25, -0.2) is 0 Å². The van der Waals surface area contributed by atoms with Crippen molar-refractivity contribution in [3.05, 3.63) is 12.2 Å². The number of aliphatic hydroxyl groups excluding tert-OH is 1. The number of ether oxygens (including phenoxy) is 2. The van der Waals surface area contributed by atoms with Gasteiger partial charge in [-0.3, -0.25) is 0 Å². The highest BCUT2D eigenvalue weighted by Crippen LogP contribution is 2.35. The van der Waals surface area contributed by atoms with Gasteiger partial charge in [0.25, 0.3) is 0 Å². The van der Waals surface area contributed by atoms with Gasteiger partial charge >= 0.3 is 0 Å². The Kier molecular flexibility index (Phi) is 9.00. The van der Waals surface area contributed by atoms with Gasteiger partial charge in [-0.05, 0) is 50.4 Å². The van der Waals surface area contributed by atoms with Gasteiger partial charge in [0.05, 0.1) is 12.2 Å². The molecular formula is C20H34O4. The number of unbranched alkanes of at least 4 members (excludes halogenated alkanes) is 2. The van der Waals surface area contributed by atoms with Gasteiger partial charge in [-0.15, -0.1) is 0 Å². The number of allylic oxidation sites excluding steroid dienone is 1. The molecule has 0 spiro atoms. The first-order valence-electron chi connectivity index (χ1n) is 9.81. The van der Waals surface area contributed by atoms with E-state index in [-0.39, 0.29) is 30.3 Å². The second-order valence-electron chi connectivity index (χ2n) is 7.23. The first kappa shape index (κ1) is 19.6. The molecule has 1 aliphatic carbocycles. The lowest BCUT2D eigenvalue weighted by Crippen LogP contribution is -2.27. The van der Waals surface area contributed by atoms with Gasteiger partial charge in [-0.1, -0.05) is 38.3 Å². The number of aliphatic hydroxyl groups is 1. The lowest BCUT2D eigenvalue weighted by atomic mass is 9.91. The van der Waals surface area contributed by atoms with Gasteiger partial charge in [0.2, 0.25) is 0 Å². The molecule has 4 nitrogen and oxygen atoms in total. The Balaban J connectivity index is 1.90. The van der Waals surface area contributed by atoms with Crippen LogP contribution in [0.5, 0.6) is 0 Å². The standard InChI is InChI=1S/C20H34O4/c1-2-3-4-7-17(24-20-8-5-6-15-23-20)11-9-16-10-12-19(22)18(16)13-14-21/h9,11,14,16-20,22H,2-8,10,12-13,15H2,1H3/t16-,17+,18+,19-,20?/m1/s1. The second kappa shape index (κ2) is 11.0. The van der Waals surface area contributed by atoms with E-state index in [2.05, 4.69) is 19.1 Å². The Bertz CT molecular complexity index is 376. The third-order valence-corrected chi connectivity index (χ3v) is 5.34. The number of rotatable bonds is 10. The summed E-state index contributed by atoms with van der Waals surface area (Å²) in [5.74, 6) is 0.357. The Hall–Kier alpha value is -0.710. The minimum absolute atomic E-state index is 0.0703. The predicted octanol–water partition coefficient (Wildman–Crippen LogP) is 4.01. The number of aldehydes is 1. The predicted molar refractivity (Wildman–Crippen MR) is 94.6 cm³/mol. The van der Waals surface area contributed by atoms with E-state index in [1.54, 1.807) is 0 Å². The normalized spacial score (nSPS) is 32.2. The average molecular weight is 338 g/mol. The van der Waals surface area contributed by atoms with E-state index in [0.29, 0.717) is 6.42 Å². The highest BCUT2D eigenvalue weighted by molar-refractivity contribution is 5.50. The molecule has 2 aliphatic rings. The fourth-order valence-electron chi connectivity index (χ4n) is 3.84. The monoisotopic (exact) mass is 338 g/mol. The lowest BCUT2D eigenvalue weighted by molar-refractivity contribution is -0.179. The van der Waals surface area contributed by atoms with Crippen molar-refractivity contribution in [1.29, 1.82) is 0 Å². The van der Waals surface area contributed by atoms with Crippen molar-refractivity contribution in [1.82, 2.24) is 0 Å². The Morgan fingerprint density at radius 3 is 2.83 bits per heavy atom. The van der Waals surface area contributed by atoms with E-state index in [1.807, 2.05) is 0 Å². The van der Waals surface area contributed by atoms with Crippen molar-refractivity contribution < 1.29 is 19.4 Å². The van der Waals surface area contributed by atoms with Crippen molar-refractivity contribution >= 4 is 6.29 Å². The summed E-state index contributed by atoms with van der Waals surface area (Å²) < 4.78 is 11.9. The molecule has 2 rings (SSSR count). The van der Waals surface area contributed by atoms with Crippen molar-refractivity contribution in [2.24, 2.45) is 11.8 Å². The van der Waals surface area contributed by atoms with Gasteiger partial charge in [0, 0.05) is 13.0 Å². The molecular weight excluding hydrogens is 304 g/mol. The van der Waals surface area contributed by atoms with E-state index in [1.165, 1.54) is 19.3 Å². The van der Waals surface area contributed by atoms with Crippen LogP contribution in [0.3, 0.4) is 0 Å². The molecule has 1 saturated heterocycles. The highest BCUT2D eigenvalue weighted by Gasteiger charge is 2.33. The van der Waals surface area contributed by atoms with Crippen LogP contribution in [0.4, 0.5) is 0 Å². The number of hydrogen-bond acceptors (Lipinski definition) is 4. The summed E-state index contributed by atoms with van der Waals surface area (Å²) >= 11 is 0. The van der Waals surface area contributed by atoms with Crippen molar-refractivity contribution in [2.45, 2.75) is 89.6 Å². The molecule has 4 heteroatoms. The van der Waals surface area contributed by atoms with E-state index in [4.69, 9.17) is 9.47 Å². The summed E-state index contributed by atoms with van der Waals surface area (Å²) in [5.41, 5.74) is 0. The third kappa shape index (κ3) is 6.30. The molecule has 0 aromatic rings. The summed E-state index contributed by atoms with van der Waals surface area (Å²) in [5, 5.41) is 10.0. The molecule has 0 amide bonds. The largest absolute Gasteiger partial charge is 0.393 e. The van der Waals surface area contributed by atoms with Crippen LogP contribution in [0, 0.1) is 11.8 Å². The molecule has 1 heterocycles. The van der Waals surface area contributed by atoms with Crippen LogP contribution in [-0.2, 0) is 14.3 Å². The minimum Gasteiger partial charge on any atom is -0.393 e. The molecule has 0 aromatic heterocycles. The molecule has 1 saturated carbocycles. The second-order valence-corrected chi connectivity index (χ2v) is 7.23. The fourth-order valence-corrected chi connectivity index (χ4v) is 3.84. The van der Waals surface area contributed by atoms with Crippen LogP contribution >= 0.6 is 0 Å². The van der Waals surface area contributed by atoms with Crippen molar-refractivity contribution in [3.8, 4) is 0 Å². The SMILES string of the molecule is CCCCC[C@@H](C=C[C@@H]1CC[C@@H](O)[C@H]1CC=O)OC1CCCCO1. The van der Waals surface area contributed by atoms with E-state index >= 15 is 0 Å². The maximum Gasteiger partial charge on any atom is 0.158 e. The first-order valence-corrected chi connectivity index (χ1v) is 9.81. The number of hydrogen-bond donors (Lipinski definition) is 1. The Morgan fingerprint density at radius 2 is 2.12 bits per heavy atom. The Morgan fingerprint density at radius 1 is 1.25 bits per heavy atom. The number of carbonyl (C=O) groups excluding carboxylic acids is 1. The highest BCUT2D eigenvalue weighted by atomic mass is 16.7. The topological polar surface area (TPSA) is 55.8 Å².